The van der Waals surface area contributed by atoms with Crippen LogP contribution in [-0.2, 0) is 21.1 Å². The second-order valence-electron chi connectivity index (χ2n) is 2.35. The first-order valence-corrected chi connectivity index (χ1v) is 2.29. The Morgan fingerprint density at radius 3 is 1.78 bits per heavy atom. The number of hydrogen-bond acceptors (Lipinski definition) is 0. The van der Waals surface area contributed by atoms with Gasteiger partial charge in [-0.2, -0.15) is 0 Å². The second-order valence-corrected chi connectivity index (χ2v) is 2.35. The SMILES string of the molecule is [CH2-][N+](C)(C)CCF.[CH3-].[W]. The van der Waals surface area contributed by atoms with Crippen molar-refractivity contribution in [2.45, 2.75) is 0 Å². The molecule has 0 rings (SSSR count). The molecule has 0 saturated heterocycles. The molecular formula is C6H15FNW-. The Morgan fingerprint density at radius 2 is 1.78 bits per heavy atom. The first-order chi connectivity index (χ1) is 3.06. The van der Waals surface area contributed by atoms with Crippen molar-refractivity contribution in [1.29, 1.82) is 0 Å². The van der Waals surface area contributed by atoms with E-state index in [1.165, 1.54) is 0 Å². The van der Waals surface area contributed by atoms with Crippen molar-refractivity contribution < 1.29 is 29.9 Å². The Bertz CT molecular complexity index is 51.5. The zero-order valence-electron chi connectivity index (χ0n) is 6.35. The van der Waals surface area contributed by atoms with Crippen LogP contribution < -0.4 is 0 Å². The van der Waals surface area contributed by atoms with Crippen molar-refractivity contribution in [2.24, 2.45) is 0 Å². The van der Waals surface area contributed by atoms with Crippen LogP contribution in [0.1, 0.15) is 0 Å². The summed E-state index contributed by atoms with van der Waals surface area (Å²) in [5, 5.41) is 0. The minimum atomic E-state index is -0.281. The molecule has 0 heterocycles. The van der Waals surface area contributed by atoms with Gasteiger partial charge in [0.2, 0.25) is 0 Å². The topological polar surface area (TPSA) is 0 Å². The molecule has 0 aromatic rings. The average Bonchev–Trinajstić information content (AvgIpc) is 1.30. The number of hydrogen-bond donors (Lipinski definition) is 0. The molecule has 0 aromatic carbocycles. The Balaban J connectivity index is -0.000000180. The Kier molecular flexibility index (Phi) is 12.1. The third kappa shape index (κ3) is 17.7. The fourth-order valence-corrected chi connectivity index (χ4v) is 0.229. The molecule has 58 valence electrons. The van der Waals surface area contributed by atoms with Gasteiger partial charge in [-0.3, -0.25) is 0 Å². The molecule has 0 aliphatic rings. The monoisotopic (exact) mass is 304 g/mol. The second kappa shape index (κ2) is 6.69. The summed E-state index contributed by atoms with van der Waals surface area (Å²) in [6.45, 7) is 0.219. The third-order valence-corrected chi connectivity index (χ3v) is 0.690. The molecule has 0 radical (unpaired) electrons. The fraction of sp³-hybridized carbons (Fsp3) is 0.667. The summed E-state index contributed by atoms with van der Waals surface area (Å²) in [5.41, 5.74) is 0. The van der Waals surface area contributed by atoms with Crippen LogP contribution in [0.2, 0.25) is 0 Å². The van der Waals surface area contributed by atoms with E-state index in [1.54, 1.807) is 0 Å². The molecule has 0 bridgehead atoms. The molecule has 0 atom stereocenters. The summed E-state index contributed by atoms with van der Waals surface area (Å²) < 4.78 is 11.9. The Morgan fingerprint density at radius 1 is 1.44 bits per heavy atom. The largest absolute Gasteiger partial charge is 0.460 e. The molecule has 1 nitrogen and oxygen atoms in total. The van der Waals surface area contributed by atoms with Gasteiger partial charge in [0, 0.05) is 35.2 Å². The molecule has 9 heavy (non-hydrogen) atoms. The molecule has 0 aliphatic carbocycles. The number of nitrogens with zero attached hydrogens (tertiary/aromatic N) is 1. The Labute approximate surface area is 72.1 Å². The zero-order chi connectivity index (χ0) is 5.91. The predicted molar refractivity (Wildman–Crippen MR) is 34.7 cm³/mol. The van der Waals surface area contributed by atoms with Gasteiger partial charge in [-0.05, 0) is 0 Å². The maximum atomic E-state index is 11.4. The van der Waals surface area contributed by atoms with Gasteiger partial charge < -0.3 is 11.9 Å². The predicted octanol–water partition coefficient (Wildman–Crippen LogP) is 1.27. The quantitative estimate of drug-likeness (QED) is 0.532. The molecule has 0 aliphatic heterocycles. The standard InChI is InChI=1S/C5H12FN.CH3.W/c1-7(2,3)5-4-6;;/h1,4-5H2,2-3H3;1H3;/q;-1;. The van der Waals surface area contributed by atoms with E-state index in [-0.39, 0.29) is 35.2 Å². The van der Waals surface area contributed by atoms with Crippen LogP contribution in [0.15, 0.2) is 0 Å². The van der Waals surface area contributed by atoms with Gasteiger partial charge in [-0.25, -0.2) is 4.39 Å². The van der Waals surface area contributed by atoms with Crippen LogP contribution >= 0.6 is 0 Å². The van der Waals surface area contributed by atoms with E-state index in [2.05, 4.69) is 7.05 Å². The average molecular weight is 304 g/mol. The summed E-state index contributed by atoms with van der Waals surface area (Å²) >= 11 is 0. The number of quaternary nitrogens is 1. The van der Waals surface area contributed by atoms with E-state index >= 15 is 0 Å². The molecule has 0 saturated carbocycles. The van der Waals surface area contributed by atoms with E-state index in [9.17, 15) is 4.39 Å². The first kappa shape index (κ1) is 16.3. The summed E-state index contributed by atoms with van der Waals surface area (Å²) in [6, 6.07) is 0. The minimum absolute atomic E-state index is 0. The van der Waals surface area contributed by atoms with Crippen LogP contribution in [-0.4, -0.2) is 31.8 Å². The van der Waals surface area contributed by atoms with Crippen LogP contribution in [0.5, 0.6) is 0 Å². The zero-order valence-corrected chi connectivity index (χ0v) is 9.29. The molecule has 0 N–H and O–H groups in total. The maximum absolute atomic E-state index is 11.4. The number of rotatable bonds is 2. The van der Waals surface area contributed by atoms with Gasteiger partial charge in [-0.15, -0.1) is 7.05 Å². The first-order valence-electron chi connectivity index (χ1n) is 2.29. The normalized spacial score (nSPS) is 9.33. The molecular weight excluding hydrogens is 289 g/mol. The summed E-state index contributed by atoms with van der Waals surface area (Å²) in [7, 11) is 7.38. The van der Waals surface area contributed by atoms with Gasteiger partial charge >= 0.3 is 0 Å². The molecule has 0 fully saturated rings. The van der Waals surface area contributed by atoms with Crippen LogP contribution in [0.3, 0.4) is 0 Å². The third-order valence-electron chi connectivity index (χ3n) is 0.690. The molecule has 0 amide bonds. The van der Waals surface area contributed by atoms with Gasteiger partial charge in [0.1, 0.15) is 6.67 Å². The maximum Gasteiger partial charge on any atom is 0.136 e. The molecule has 0 unspecified atom stereocenters. The van der Waals surface area contributed by atoms with Crippen LogP contribution in [0, 0.1) is 14.5 Å². The van der Waals surface area contributed by atoms with Crippen molar-refractivity contribution in [1.82, 2.24) is 0 Å². The van der Waals surface area contributed by atoms with Crippen LogP contribution in [0.25, 0.3) is 0 Å². The van der Waals surface area contributed by atoms with E-state index in [0.717, 1.165) is 0 Å². The van der Waals surface area contributed by atoms with E-state index in [4.69, 9.17) is 0 Å². The minimum Gasteiger partial charge on any atom is -0.460 e. The van der Waals surface area contributed by atoms with Gasteiger partial charge in [0.05, 0.1) is 6.54 Å². The van der Waals surface area contributed by atoms with Crippen molar-refractivity contribution in [3.05, 3.63) is 14.5 Å². The van der Waals surface area contributed by atoms with Gasteiger partial charge in [0.25, 0.3) is 0 Å². The Hall–Kier alpha value is 0.578. The van der Waals surface area contributed by atoms with Gasteiger partial charge in [0.15, 0.2) is 0 Å². The van der Waals surface area contributed by atoms with E-state index in [1.807, 2.05) is 14.1 Å². The number of alkyl halides is 1. The molecule has 0 spiro atoms. The molecule has 0 aromatic heterocycles. The van der Waals surface area contributed by atoms with Crippen molar-refractivity contribution >= 4 is 0 Å². The van der Waals surface area contributed by atoms with Crippen molar-refractivity contribution in [3.8, 4) is 0 Å². The van der Waals surface area contributed by atoms with E-state index in [0.29, 0.717) is 11.0 Å². The number of halogens is 1. The van der Waals surface area contributed by atoms with E-state index < -0.39 is 0 Å². The van der Waals surface area contributed by atoms with Crippen LogP contribution in [0.4, 0.5) is 4.39 Å². The van der Waals surface area contributed by atoms with Crippen molar-refractivity contribution in [2.75, 3.05) is 27.3 Å². The summed E-state index contributed by atoms with van der Waals surface area (Å²) in [6.07, 6.45) is 0. The fourth-order valence-electron chi connectivity index (χ4n) is 0.229. The molecule has 3 heteroatoms. The summed E-state index contributed by atoms with van der Waals surface area (Å²) in [4.78, 5) is 0. The smallest absolute Gasteiger partial charge is 0.136 e. The van der Waals surface area contributed by atoms with Crippen molar-refractivity contribution in [3.63, 3.8) is 0 Å². The van der Waals surface area contributed by atoms with Gasteiger partial charge in [-0.1, -0.05) is 0 Å². The summed E-state index contributed by atoms with van der Waals surface area (Å²) in [5.74, 6) is 0.